The van der Waals surface area contributed by atoms with Gasteiger partial charge >= 0.3 is 0 Å². The number of anilines is 1. The number of nitrogens with zero attached hydrogens (tertiary/aromatic N) is 1. The van der Waals surface area contributed by atoms with Gasteiger partial charge in [-0.25, -0.2) is 8.42 Å². The smallest absolute Gasteiger partial charge is 0.239 e. The number of amides is 1. The second kappa shape index (κ2) is 7.33. The lowest BCUT2D eigenvalue weighted by Crippen LogP contribution is -2.23. The van der Waals surface area contributed by atoms with Crippen molar-refractivity contribution in [1.29, 1.82) is 0 Å². The first-order valence-electron chi connectivity index (χ1n) is 8.58. The van der Waals surface area contributed by atoms with E-state index in [-0.39, 0.29) is 4.90 Å². The van der Waals surface area contributed by atoms with Crippen LogP contribution in [0.4, 0.5) is 5.69 Å². The molecule has 3 rings (SSSR count). The van der Waals surface area contributed by atoms with Gasteiger partial charge in [0, 0.05) is 29.3 Å². The van der Waals surface area contributed by atoms with Crippen molar-refractivity contribution in [3.63, 3.8) is 0 Å². The van der Waals surface area contributed by atoms with Crippen molar-refractivity contribution in [1.82, 2.24) is 4.57 Å². The molecule has 0 aliphatic rings. The van der Waals surface area contributed by atoms with E-state index >= 15 is 0 Å². The average Bonchev–Trinajstić information content (AvgIpc) is 2.94. The Morgan fingerprint density at radius 2 is 1.88 bits per heavy atom. The van der Waals surface area contributed by atoms with Gasteiger partial charge in [-0.2, -0.15) is 0 Å². The summed E-state index contributed by atoms with van der Waals surface area (Å²) in [4.78, 5) is 12.5. The summed E-state index contributed by atoms with van der Waals surface area (Å²) in [7, 11) is -3.75. The molecule has 0 unspecified atom stereocenters. The summed E-state index contributed by atoms with van der Waals surface area (Å²) in [6.45, 7) is 4.68. The molecule has 6 heteroatoms. The first kappa shape index (κ1) is 18.2. The molecule has 0 aliphatic carbocycles. The number of carbonyl (C=O) groups excluding carboxylic acids is 1. The summed E-state index contributed by atoms with van der Waals surface area (Å²) in [6, 6.07) is 14.7. The lowest BCUT2D eigenvalue weighted by atomic mass is 10.2. The molecule has 136 valence electrons. The van der Waals surface area contributed by atoms with Crippen LogP contribution in [0.2, 0.25) is 0 Å². The van der Waals surface area contributed by atoms with Crippen LogP contribution >= 0.6 is 0 Å². The van der Waals surface area contributed by atoms with Crippen molar-refractivity contribution < 1.29 is 13.2 Å². The summed E-state index contributed by atoms with van der Waals surface area (Å²) in [5, 5.41) is 3.32. The highest BCUT2D eigenvalue weighted by atomic mass is 32.2. The highest BCUT2D eigenvalue weighted by Crippen LogP contribution is 2.26. The molecule has 5 nitrogen and oxygen atoms in total. The minimum absolute atomic E-state index is 0.209. The highest BCUT2D eigenvalue weighted by Gasteiger charge is 2.24. The summed E-state index contributed by atoms with van der Waals surface area (Å²) in [5.74, 6) is -1.12. The predicted octanol–water partition coefficient (Wildman–Crippen LogP) is 3.77. The number of aromatic nitrogens is 1. The number of carbonyl (C=O) groups is 1. The monoisotopic (exact) mass is 370 g/mol. The fraction of sp³-hybridized carbons (Fsp3) is 0.250. The van der Waals surface area contributed by atoms with Crippen LogP contribution in [-0.4, -0.2) is 24.6 Å². The van der Waals surface area contributed by atoms with E-state index in [0.717, 1.165) is 24.0 Å². The number of fused-ring (bicyclic) bond motifs is 1. The fourth-order valence-corrected chi connectivity index (χ4v) is 4.43. The molecule has 0 bridgehead atoms. The van der Waals surface area contributed by atoms with Crippen LogP contribution in [0.1, 0.15) is 18.9 Å². The van der Waals surface area contributed by atoms with E-state index in [4.69, 9.17) is 0 Å². The van der Waals surface area contributed by atoms with Crippen molar-refractivity contribution in [2.75, 3.05) is 11.1 Å². The maximum Gasteiger partial charge on any atom is 0.239 e. The third-order valence-corrected chi connectivity index (χ3v) is 5.81. The Labute approximate surface area is 153 Å². The molecule has 0 spiro atoms. The molecule has 0 fully saturated rings. The zero-order valence-electron chi connectivity index (χ0n) is 14.9. The summed E-state index contributed by atoms with van der Waals surface area (Å²) < 4.78 is 27.6. The standard InChI is InChI=1S/C20H22N2O3S/c1-3-11-22-13-19(17-9-4-5-10-18(17)22)26(24,25)14-20(23)21-16-8-6-7-15(2)12-16/h4-10,12-13H,3,11,14H2,1-2H3,(H,21,23). The lowest BCUT2D eigenvalue weighted by Gasteiger charge is -2.06. The van der Waals surface area contributed by atoms with E-state index in [0.29, 0.717) is 11.1 Å². The molecule has 1 N–H and O–H groups in total. The van der Waals surface area contributed by atoms with Crippen molar-refractivity contribution >= 4 is 32.3 Å². The van der Waals surface area contributed by atoms with Crippen LogP contribution in [0.5, 0.6) is 0 Å². The third kappa shape index (κ3) is 3.80. The van der Waals surface area contributed by atoms with Crippen molar-refractivity contribution in [2.24, 2.45) is 0 Å². The second-order valence-electron chi connectivity index (χ2n) is 6.38. The Hall–Kier alpha value is -2.60. The Morgan fingerprint density at radius 1 is 1.12 bits per heavy atom. The zero-order chi connectivity index (χ0) is 18.7. The maximum atomic E-state index is 12.9. The molecule has 1 aromatic heterocycles. The van der Waals surface area contributed by atoms with Gasteiger partial charge < -0.3 is 9.88 Å². The van der Waals surface area contributed by atoms with Gasteiger partial charge in [-0.15, -0.1) is 0 Å². The van der Waals surface area contributed by atoms with E-state index in [9.17, 15) is 13.2 Å². The number of para-hydroxylation sites is 1. The molecular formula is C20H22N2O3S. The largest absolute Gasteiger partial charge is 0.346 e. The molecule has 0 radical (unpaired) electrons. The van der Waals surface area contributed by atoms with Gasteiger partial charge in [-0.3, -0.25) is 4.79 Å². The average molecular weight is 370 g/mol. The molecule has 0 saturated carbocycles. The Kier molecular flexibility index (Phi) is 5.13. The number of rotatable bonds is 6. The van der Waals surface area contributed by atoms with Gasteiger partial charge in [0.2, 0.25) is 5.91 Å². The van der Waals surface area contributed by atoms with Gasteiger partial charge in [0.25, 0.3) is 0 Å². The molecular weight excluding hydrogens is 348 g/mol. The van der Waals surface area contributed by atoms with Crippen molar-refractivity contribution in [3.8, 4) is 0 Å². The van der Waals surface area contributed by atoms with Gasteiger partial charge in [-0.1, -0.05) is 37.3 Å². The zero-order valence-corrected chi connectivity index (χ0v) is 15.7. The molecule has 0 aliphatic heterocycles. The van der Waals surface area contributed by atoms with E-state index in [1.165, 1.54) is 0 Å². The van der Waals surface area contributed by atoms with Gasteiger partial charge in [0.05, 0.1) is 4.90 Å². The predicted molar refractivity (Wildman–Crippen MR) is 104 cm³/mol. The quantitative estimate of drug-likeness (QED) is 0.718. The SMILES string of the molecule is CCCn1cc(S(=O)(=O)CC(=O)Nc2cccc(C)c2)c2ccccc21. The summed E-state index contributed by atoms with van der Waals surface area (Å²) in [6.07, 6.45) is 2.54. The lowest BCUT2D eigenvalue weighted by molar-refractivity contribution is -0.113. The Balaban J connectivity index is 1.88. The number of hydrogen-bond acceptors (Lipinski definition) is 3. The molecule has 0 atom stereocenters. The number of benzene rings is 2. The Bertz CT molecular complexity index is 1050. The van der Waals surface area contributed by atoms with Crippen LogP contribution in [0.15, 0.2) is 59.6 Å². The number of sulfone groups is 1. The molecule has 3 aromatic rings. The van der Waals surface area contributed by atoms with Crippen LogP contribution in [0, 0.1) is 6.92 Å². The maximum absolute atomic E-state index is 12.9. The Morgan fingerprint density at radius 3 is 2.62 bits per heavy atom. The van der Waals surface area contributed by atoms with Crippen LogP contribution in [0.25, 0.3) is 10.9 Å². The van der Waals surface area contributed by atoms with Crippen molar-refractivity contribution in [3.05, 3.63) is 60.3 Å². The van der Waals surface area contributed by atoms with Crippen LogP contribution in [0.3, 0.4) is 0 Å². The van der Waals surface area contributed by atoms with E-state index in [1.807, 2.05) is 48.7 Å². The van der Waals surface area contributed by atoms with E-state index in [2.05, 4.69) is 5.32 Å². The molecule has 1 heterocycles. The number of aryl methyl sites for hydroxylation is 2. The summed E-state index contributed by atoms with van der Waals surface area (Å²) in [5.41, 5.74) is 2.46. The normalized spacial score (nSPS) is 11.6. The molecule has 1 amide bonds. The van der Waals surface area contributed by atoms with Gasteiger partial charge in [0.1, 0.15) is 5.75 Å². The van der Waals surface area contributed by atoms with Crippen molar-refractivity contribution in [2.45, 2.75) is 31.7 Å². The minimum atomic E-state index is -3.75. The highest BCUT2D eigenvalue weighted by molar-refractivity contribution is 7.92. The van der Waals surface area contributed by atoms with Crippen LogP contribution < -0.4 is 5.32 Å². The minimum Gasteiger partial charge on any atom is -0.346 e. The summed E-state index contributed by atoms with van der Waals surface area (Å²) >= 11 is 0. The van der Waals surface area contributed by atoms with Gasteiger partial charge in [0.15, 0.2) is 9.84 Å². The molecule has 0 saturated heterocycles. The van der Waals surface area contributed by atoms with Crippen LogP contribution in [-0.2, 0) is 21.2 Å². The second-order valence-corrected chi connectivity index (χ2v) is 8.34. The van der Waals surface area contributed by atoms with E-state index in [1.54, 1.807) is 24.4 Å². The number of nitrogens with one attached hydrogen (secondary N) is 1. The topological polar surface area (TPSA) is 68.2 Å². The third-order valence-electron chi connectivity index (χ3n) is 4.17. The molecule has 26 heavy (non-hydrogen) atoms. The first-order valence-corrected chi connectivity index (χ1v) is 10.2. The molecule has 2 aromatic carbocycles. The fourth-order valence-electron chi connectivity index (χ4n) is 3.06. The first-order chi connectivity index (χ1) is 12.4. The van der Waals surface area contributed by atoms with Gasteiger partial charge in [-0.05, 0) is 37.1 Å². The van der Waals surface area contributed by atoms with E-state index < -0.39 is 21.5 Å². The number of hydrogen-bond donors (Lipinski definition) is 1.